The van der Waals surface area contributed by atoms with Gasteiger partial charge in [-0.3, -0.25) is 9.69 Å². The van der Waals surface area contributed by atoms with Gasteiger partial charge in [-0.1, -0.05) is 19.3 Å². The monoisotopic (exact) mass is 395 g/mol. The lowest BCUT2D eigenvalue weighted by Crippen LogP contribution is -2.39. The van der Waals surface area contributed by atoms with Crippen LogP contribution in [0.3, 0.4) is 0 Å². The van der Waals surface area contributed by atoms with Crippen LogP contribution in [-0.2, 0) is 4.79 Å². The molecule has 0 aromatic heterocycles. The van der Waals surface area contributed by atoms with Gasteiger partial charge in [0.15, 0.2) is 0 Å². The maximum absolute atomic E-state index is 13.3. The summed E-state index contributed by atoms with van der Waals surface area (Å²) in [6.45, 7) is 9.05. The van der Waals surface area contributed by atoms with Gasteiger partial charge in [0.25, 0.3) is 0 Å². The Labute approximate surface area is 176 Å². The van der Waals surface area contributed by atoms with Crippen LogP contribution in [0.25, 0.3) is 0 Å². The topological polar surface area (TPSA) is 26.8 Å². The van der Waals surface area contributed by atoms with Crippen molar-refractivity contribution in [2.75, 3.05) is 36.0 Å². The van der Waals surface area contributed by atoms with Crippen molar-refractivity contribution in [3.63, 3.8) is 0 Å². The number of hydrogen-bond acceptors (Lipinski definition) is 3. The third-order valence-corrected chi connectivity index (χ3v) is 8.40. The van der Waals surface area contributed by atoms with Crippen LogP contribution >= 0.6 is 0 Å². The Balaban J connectivity index is 1.29. The lowest BCUT2D eigenvalue weighted by atomic mass is 9.73. The van der Waals surface area contributed by atoms with Crippen LogP contribution in [0.2, 0.25) is 0 Å². The van der Waals surface area contributed by atoms with E-state index < -0.39 is 0 Å². The van der Waals surface area contributed by atoms with Crippen molar-refractivity contribution < 1.29 is 4.79 Å². The molecule has 29 heavy (non-hydrogen) atoms. The van der Waals surface area contributed by atoms with Crippen molar-refractivity contribution in [2.45, 2.75) is 83.7 Å². The normalized spacial score (nSPS) is 30.1. The summed E-state index contributed by atoms with van der Waals surface area (Å²) in [6.07, 6.45) is 11.0. The fourth-order valence-corrected chi connectivity index (χ4v) is 6.63. The van der Waals surface area contributed by atoms with Gasteiger partial charge in [0.2, 0.25) is 5.91 Å². The third-order valence-electron chi connectivity index (χ3n) is 8.40. The summed E-state index contributed by atoms with van der Waals surface area (Å²) in [6, 6.07) is 8.26. The summed E-state index contributed by atoms with van der Waals surface area (Å²) in [4.78, 5) is 20.7. The first kappa shape index (κ1) is 19.4. The molecule has 0 radical (unpaired) electrons. The number of likely N-dealkylation sites (tertiary alicyclic amines) is 1. The third kappa shape index (κ3) is 3.37. The highest BCUT2D eigenvalue weighted by Crippen LogP contribution is 2.46. The van der Waals surface area contributed by atoms with Crippen molar-refractivity contribution in [3.8, 4) is 0 Å². The predicted molar refractivity (Wildman–Crippen MR) is 120 cm³/mol. The zero-order valence-electron chi connectivity index (χ0n) is 18.3. The van der Waals surface area contributed by atoms with Gasteiger partial charge in [0, 0.05) is 43.1 Å². The van der Waals surface area contributed by atoms with Crippen LogP contribution in [0.5, 0.6) is 0 Å². The van der Waals surface area contributed by atoms with Gasteiger partial charge in [-0.2, -0.15) is 0 Å². The standard InChI is InChI=1S/C25H37N3O/c1-19-17-21(26-15-10-22(18-26)27-14-6-7-20(27)2)8-9-23(19)28-16-13-25(24(28)29)11-4-3-5-12-25/h8-9,17,20,22H,3-7,10-16,18H2,1-2H3. The number of amides is 1. The number of hydrogen-bond donors (Lipinski definition) is 0. The Hall–Kier alpha value is -1.55. The van der Waals surface area contributed by atoms with Crippen molar-refractivity contribution in [2.24, 2.45) is 5.41 Å². The van der Waals surface area contributed by atoms with Gasteiger partial charge >= 0.3 is 0 Å². The average Bonchev–Trinajstić information content (AvgIpc) is 3.44. The van der Waals surface area contributed by atoms with E-state index in [0.29, 0.717) is 11.9 Å². The van der Waals surface area contributed by atoms with E-state index in [0.717, 1.165) is 50.6 Å². The van der Waals surface area contributed by atoms with E-state index in [1.165, 1.54) is 56.3 Å². The summed E-state index contributed by atoms with van der Waals surface area (Å²) >= 11 is 0. The molecule has 158 valence electrons. The molecular weight excluding hydrogens is 358 g/mol. The molecule has 3 heterocycles. The fourth-order valence-electron chi connectivity index (χ4n) is 6.63. The van der Waals surface area contributed by atoms with Crippen molar-refractivity contribution in [1.82, 2.24) is 4.90 Å². The minimum Gasteiger partial charge on any atom is -0.370 e. The quantitative estimate of drug-likeness (QED) is 0.739. The molecule has 1 aromatic carbocycles. The first-order valence-corrected chi connectivity index (χ1v) is 12.0. The highest BCUT2D eigenvalue weighted by Gasteiger charge is 2.47. The molecule has 1 spiro atoms. The van der Waals surface area contributed by atoms with Crippen molar-refractivity contribution in [1.29, 1.82) is 0 Å². The largest absolute Gasteiger partial charge is 0.370 e. The van der Waals surface area contributed by atoms with Crippen LogP contribution in [0.4, 0.5) is 11.4 Å². The minimum absolute atomic E-state index is 0.0437. The molecule has 2 unspecified atom stereocenters. The molecule has 4 nitrogen and oxygen atoms in total. The first-order chi connectivity index (χ1) is 14.1. The van der Waals surface area contributed by atoms with E-state index in [4.69, 9.17) is 0 Å². The number of carbonyl (C=O) groups excluding carboxylic acids is 1. The van der Waals surface area contributed by atoms with Crippen LogP contribution < -0.4 is 9.80 Å². The number of nitrogens with zero attached hydrogens (tertiary/aromatic N) is 3. The van der Waals surface area contributed by atoms with Crippen molar-refractivity contribution >= 4 is 17.3 Å². The molecule has 1 aromatic rings. The summed E-state index contributed by atoms with van der Waals surface area (Å²) in [5, 5.41) is 0. The smallest absolute Gasteiger partial charge is 0.233 e. The molecule has 5 rings (SSSR count). The summed E-state index contributed by atoms with van der Waals surface area (Å²) in [5.41, 5.74) is 3.68. The average molecular weight is 396 g/mol. The van der Waals surface area contributed by atoms with Crippen LogP contribution in [0.15, 0.2) is 18.2 Å². The zero-order chi connectivity index (χ0) is 20.0. The van der Waals surface area contributed by atoms with E-state index in [9.17, 15) is 4.79 Å². The molecular formula is C25H37N3O. The zero-order valence-corrected chi connectivity index (χ0v) is 18.3. The molecule has 4 aliphatic rings. The second kappa shape index (κ2) is 7.61. The van der Waals surface area contributed by atoms with E-state index in [1.807, 2.05) is 0 Å². The van der Waals surface area contributed by atoms with Gasteiger partial charge in [0.1, 0.15) is 0 Å². The minimum atomic E-state index is -0.0437. The second-order valence-electron chi connectivity index (χ2n) is 10.1. The molecule has 3 saturated heterocycles. The predicted octanol–water partition coefficient (Wildman–Crippen LogP) is 4.75. The summed E-state index contributed by atoms with van der Waals surface area (Å²) in [5.74, 6) is 0.400. The number of carbonyl (C=O) groups is 1. The second-order valence-corrected chi connectivity index (χ2v) is 10.1. The van der Waals surface area contributed by atoms with Gasteiger partial charge in [0.05, 0.1) is 5.41 Å². The SMILES string of the molecule is Cc1cc(N2CCC(N3CCCC3C)C2)ccc1N1CCC2(CCCCC2)C1=O. The molecule has 4 heteroatoms. The Morgan fingerprint density at radius 2 is 1.79 bits per heavy atom. The Kier molecular flexibility index (Phi) is 5.09. The maximum Gasteiger partial charge on any atom is 0.233 e. The van der Waals surface area contributed by atoms with E-state index in [2.05, 4.69) is 46.7 Å². The number of anilines is 2. The highest BCUT2D eigenvalue weighted by molar-refractivity contribution is 6.00. The van der Waals surface area contributed by atoms with E-state index >= 15 is 0 Å². The fraction of sp³-hybridized carbons (Fsp3) is 0.720. The van der Waals surface area contributed by atoms with E-state index in [-0.39, 0.29) is 5.41 Å². The van der Waals surface area contributed by atoms with E-state index in [1.54, 1.807) is 0 Å². The number of benzene rings is 1. The van der Waals surface area contributed by atoms with Gasteiger partial charge in [-0.25, -0.2) is 0 Å². The molecule has 1 aliphatic carbocycles. The molecule has 4 fully saturated rings. The maximum atomic E-state index is 13.3. The number of rotatable bonds is 3. The van der Waals surface area contributed by atoms with Gasteiger partial charge in [-0.15, -0.1) is 0 Å². The Morgan fingerprint density at radius 1 is 0.966 bits per heavy atom. The highest BCUT2D eigenvalue weighted by atomic mass is 16.2. The number of aryl methyl sites for hydroxylation is 1. The lowest BCUT2D eigenvalue weighted by Gasteiger charge is -2.32. The summed E-state index contributed by atoms with van der Waals surface area (Å²) in [7, 11) is 0. The lowest BCUT2D eigenvalue weighted by molar-refractivity contribution is -0.127. The molecule has 3 aliphatic heterocycles. The molecule has 1 saturated carbocycles. The molecule has 0 bridgehead atoms. The van der Waals surface area contributed by atoms with Crippen LogP contribution in [-0.4, -0.2) is 49.1 Å². The Bertz CT molecular complexity index is 769. The molecule has 2 atom stereocenters. The molecule has 1 amide bonds. The Morgan fingerprint density at radius 3 is 2.52 bits per heavy atom. The van der Waals surface area contributed by atoms with Crippen molar-refractivity contribution in [3.05, 3.63) is 23.8 Å². The van der Waals surface area contributed by atoms with Gasteiger partial charge in [-0.05, 0) is 82.7 Å². The van der Waals surface area contributed by atoms with Crippen LogP contribution in [0, 0.1) is 12.3 Å². The summed E-state index contributed by atoms with van der Waals surface area (Å²) < 4.78 is 0. The van der Waals surface area contributed by atoms with Gasteiger partial charge < -0.3 is 9.80 Å². The first-order valence-electron chi connectivity index (χ1n) is 12.0. The van der Waals surface area contributed by atoms with Crippen LogP contribution in [0.1, 0.15) is 70.3 Å². The molecule has 0 N–H and O–H groups in total.